The number of aromatic nitrogens is 1. The molecule has 0 aliphatic rings. The minimum atomic E-state index is -1.21. The van der Waals surface area contributed by atoms with Gasteiger partial charge in [0.15, 0.2) is 11.5 Å². The molecule has 106 valence electrons. The summed E-state index contributed by atoms with van der Waals surface area (Å²) in [6.45, 7) is 1.73. The van der Waals surface area contributed by atoms with Crippen LogP contribution in [0.1, 0.15) is 16.1 Å². The third-order valence-electron chi connectivity index (χ3n) is 2.87. The Kier molecular flexibility index (Phi) is 3.31. The van der Waals surface area contributed by atoms with Gasteiger partial charge in [0.05, 0.1) is 4.88 Å². The second kappa shape index (κ2) is 5.14. The standard InChI is InChI=1S/C15H10FNO3S/c1-8-5-9(7-10(16)6-8)13-12(15(18)19)17-14(20-13)11-3-2-4-21-11/h2-7H,1H3,(H,18,19). The molecule has 3 aromatic rings. The Bertz CT molecular complexity index is 788. The molecule has 2 aromatic heterocycles. The van der Waals surface area contributed by atoms with Gasteiger partial charge in [-0.25, -0.2) is 14.2 Å². The lowest BCUT2D eigenvalue weighted by Crippen LogP contribution is -1.99. The van der Waals surface area contributed by atoms with Gasteiger partial charge in [-0.15, -0.1) is 11.3 Å². The van der Waals surface area contributed by atoms with Gasteiger partial charge >= 0.3 is 5.97 Å². The van der Waals surface area contributed by atoms with Gasteiger partial charge in [-0.2, -0.15) is 0 Å². The van der Waals surface area contributed by atoms with Crippen molar-refractivity contribution >= 4 is 17.3 Å². The number of carbonyl (C=O) groups is 1. The van der Waals surface area contributed by atoms with E-state index in [1.807, 2.05) is 11.4 Å². The van der Waals surface area contributed by atoms with E-state index in [4.69, 9.17) is 4.42 Å². The molecule has 4 nitrogen and oxygen atoms in total. The molecule has 0 unspecified atom stereocenters. The number of halogens is 1. The number of oxazole rings is 1. The molecule has 0 saturated carbocycles. The topological polar surface area (TPSA) is 63.3 Å². The van der Waals surface area contributed by atoms with E-state index in [1.165, 1.54) is 23.5 Å². The van der Waals surface area contributed by atoms with Crippen LogP contribution in [0.2, 0.25) is 0 Å². The molecule has 6 heteroatoms. The van der Waals surface area contributed by atoms with Gasteiger partial charge in [0.2, 0.25) is 5.89 Å². The van der Waals surface area contributed by atoms with Crippen LogP contribution in [0, 0.1) is 12.7 Å². The molecule has 0 fully saturated rings. The maximum atomic E-state index is 13.5. The molecule has 0 amide bonds. The van der Waals surface area contributed by atoms with E-state index in [0.29, 0.717) is 11.1 Å². The summed E-state index contributed by atoms with van der Waals surface area (Å²) in [7, 11) is 0. The highest BCUT2D eigenvalue weighted by molar-refractivity contribution is 7.13. The van der Waals surface area contributed by atoms with E-state index in [9.17, 15) is 14.3 Å². The van der Waals surface area contributed by atoms with Crippen molar-refractivity contribution in [3.05, 3.63) is 52.8 Å². The third-order valence-corrected chi connectivity index (χ3v) is 3.72. The van der Waals surface area contributed by atoms with Crippen molar-refractivity contribution in [2.24, 2.45) is 0 Å². The predicted molar refractivity (Wildman–Crippen MR) is 76.9 cm³/mol. The van der Waals surface area contributed by atoms with Crippen LogP contribution in [0.25, 0.3) is 22.1 Å². The van der Waals surface area contributed by atoms with Crippen molar-refractivity contribution in [1.29, 1.82) is 0 Å². The van der Waals surface area contributed by atoms with Gasteiger partial charge in [0.25, 0.3) is 0 Å². The fourth-order valence-electron chi connectivity index (χ4n) is 2.03. The molecule has 0 atom stereocenters. The number of carboxylic acid groups (broad SMARTS) is 1. The zero-order valence-corrected chi connectivity index (χ0v) is 11.8. The number of hydrogen-bond donors (Lipinski definition) is 1. The first-order valence-electron chi connectivity index (χ1n) is 6.10. The smallest absolute Gasteiger partial charge is 0.358 e. The van der Waals surface area contributed by atoms with Crippen LogP contribution in [0.15, 0.2) is 40.1 Å². The average Bonchev–Trinajstić information content (AvgIpc) is 3.06. The molecule has 0 aliphatic heterocycles. The van der Waals surface area contributed by atoms with Gasteiger partial charge in [0.1, 0.15) is 5.82 Å². The third kappa shape index (κ3) is 2.57. The van der Waals surface area contributed by atoms with Crippen LogP contribution in [0.4, 0.5) is 4.39 Å². The molecule has 1 aromatic carbocycles. The lowest BCUT2D eigenvalue weighted by atomic mass is 10.1. The number of rotatable bonds is 3. The molecular weight excluding hydrogens is 293 g/mol. The van der Waals surface area contributed by atoms with Crippen LogP contribution in [0.5, 0.6) is 0 Å². The first kappa shape index (κ1) is 13.5. The van der Waals surface area contributed by atoms with E-state index in [0.717, 1.165) is 4.88 Å². The molecule has 1 N–H and O–H groups in total. The van der Waals surface area contributed by atoms with Crippen LogP contribution in [0.3, 0.4) is 0 Å². The molecule has 2 heterocycles. The van der Waals surface area contributed by atoms with Crippen LogP contribution >= 0.6 is 11.3 Å². The van der Waals surface area contributed by atoms with Gasteiger partial charge in [-0.3, -0.25) is 0 Å². The summed E-state index contributed by atoms with van der Waals surface area (Å²) in [6.07, 6.45) is 0. The van der Waals surface area contributed by atoms with E-state index < -0.39 is 11.8 Å². The zero-order valence-electron chi connectivity index (χ0n) is 11.0. The Morgan fingerprint density at radius 2 is 2.19 bits per heavy atom. The van der Waals surface area contributed by atoms with Crippen molar-refractivity contribution in [2.75, 3.05) is 0 Å². The summed E-state index contributed by atoms with van der Waals surface area (Å²) < 4.78 is 19.1. The number of carboxylic acids is 1. The minimum Gasteiger partial charge on any atom is -0.476 e. The summed E-state index contributed by atoms with van der Waals surface area (Å²) in [5.74, 6) is -1.37. The van der Waals surface area contributed by atoms with Gasteiger partial charge in [-0.05, 0) is 42.1 Å². The summed E-state index contributed by atoms with van der Waals surface area (Å²) in [4.78, 5) is 16.1. The van der Waals surface area contributed by atoms with Crippen molar-refractivity contribution in [2.45, 2.75) is 6.92 Å². The number of nitrogens with zero attached hydrogens (tertiary/aromatic N) is 1. The summed E-state index contributed by atoms with van der Waals surface area (Å²) in [5.41, 5.74) is 0.819. The SMILES string of the molecule is Cc1cc(F)cc(-c2oc(-c3cccs3)nc2C(=O)O)c1. The zero-order chi connectivity index (χ0) is 15.0. The maximum Gasteiger partial charge on any atom is 0.358 e. The molecule has 0 saturated heterocycles. The molecule has 0 spiro atoms. The first-order chi connectivity index (χ1) is 10.0. The lowest BCUT2D eigenvalue weighted by Gasteiger charge is -2.00. The highest BCUT2D eigenvalue weighted by atomic mass is 32.1. The predicted octanol–water partition coefficient (Wildman–Crippen LogP) is 4.22. The number of thiophene rings is 1. The molecule has 0 aliphatic carbocycles. The Hall–Kier alpha value is -2.47. The highest BCUT2D eigenvalue weighted by Crippen LogP contribution is 2.32. The quantitative estimate of drug-likeness (QED) is 0.787. The Morgan fingerprint density at radius 1 is 1.38 bits per heavy atom. The minimum absolute atomic E-state index is 0.0634. The second-order valence-corrected chi connectivity index (χ2v) is 5.44. The van der Waals surface area contributed by atoms with Crippen molar-refractivity contribution in [1.82, 2.24) is 4.98 Å². The Balaban J connectivity index is 2.19. The number of hydrogen-bond acceptors (Lipinski definition) is 4. The van der Waals surface area contributed by atoms with E-state index in [-0.39, 0.29) is 17.3 Å². The molecular formula is C15H10FNO3S. The van der Waals surface area contributed by atoms with Crippen LogP contribution in [-0.4, -0.2) is 16.1 Å². The van der Waals surface area contributed by atoms with Gasteiger partial charge in [0, 0.05) is 5.56 Å². The second-order valence-electron chi connectivity index (χ2n) is 4.50. The molecule has 0 bridgehead atoms. The largest absolute Gasteiger partial charge is 0.476 e. The average molecular weight is 303 g/mol. The van der Waals surface area contributed by atoms with Crippen molar-refractivity contribution < 1.29 is 18.7 Å². The van der Waals surface area contributed by atoms with E-state index >= 15 is 0 Å². The summed E-state index contributed by atoms with van der Waals surface area (Å²) in [5, 5.41) is 11.1. The van der Waals surface area contributed by atoms with Gasteiger partial charge in [-0.1, -0.05) is 6.07 Å². The lowest BCUT2D eigenvalue weighted by molar-refractivity contribution is 0.0691. The van der Waals surface area contributed by atoms with E-state index in [1.54, 1.807) is 19.1 Å². The fourth-order valence-corrected chi connectivity index (χ4v) is 2.68. The van der Waals surface area contributed by atoms with Crippen molar-refractivity contribution in [3.63, 3.8) is 0 Å². The Labute approximate surface area is 123 Å². The molecule has 0 radical (unpaired) electrons. The molecule has 21 heavy (non-hydrogen) atoms. The number of aryl methyl sites for hydroxylation is 1. The monoisotopic (exact) mass is 303 g/mol. The van der Waals surface area contributed by atoms with E-state index in [2.05, 4.69) is 4.98 Å². The van der Waals surface area contributed by atoms with Crippen molar-refractivity contribution in [3.8, 4) is 22.1 Å². The normalized spacial score (nSPS) is 10.8. The van der Waals surface area contributed by atoms with Crippen LogP contribution < -0.4 is 0 Å². The summed E-state index contributed by atoms with van der Waals surface area (Å²) >= 11 is 1.39. The Morgan fingerprint density at radius 3 is 2.81 bits per heavy atom. The fraction of sp³-hybridized carbons (Fsp3) is 0.0667. The summed E-state index contributed by atoms with van der Waals surface area (Å²) in [6, 6.07) is 7.85. The first-order valence-corrected chi connectivity index (χ1v) is 6.98. The molecule has 3 rings (SSSR count). The number of aromatic carboxylic acids is 1. The highest BCUT2D eigenvalue weighted by Gasteiger charge is 2.22. The van der Waals surface area contributed by atoms with Crippen LogP contribution in [-0.2, 0) is 0 Å². The van der Waals surface area contributed by atoms with Gasteiger partial charge < -0.3 is 9.52 Å². The number of benzene rings is 1. The maximum absolute atomic E-state index is 13.5.